The standard InChI is InChI=1S/C12H12N2O/c1-9-4-6-14-11(7-9)12(15)10-3-2-5-13-8-10/h2-8,12,15H,1H3. The second-order valence-corrected chi connectivity index (χ2v) is 3.45. The molecule has 0 aromatic carbocycles. The molecule has 0 saturated carbocycles. The Balaban J connectivity index is 2.32. The van der Waals surface area contributed by atoms with Gasteiger partial charge in [0.25, 0.3) is 0 Å². The number of aryl methyl sites for hydroxylation is 1. The highest BCUT2D eigenvalue weighted by Gasteiger charge is 2.11. The van der Waals surface area contributed by atoms with E-state index < -0.39 is 6.10 Å². The Morgan fingerprint density at radius 2 is 2.13 bits per heavy atom. The van der Waals surface area contributed by atoms with E-state index in [0.717, 1.165) is 11.1 Å². The first-order valence-corrected chi connectivity index (χ1v) is 4.78. The van der Waals surface area contributed by atoms with Crippen LogP contribution in [0.1, 0.15) is 22.9 Å². The number of pyridine rings is 2. The Hall–Kier alpha value is -1.74. The summed E-state index contributed by atoms with van der Waals surface area (Å²) in [5.74, 6) is 0. The molecule has 0 saturated heterocycles. The fourth-order valence-corrected chi connectivity index (χ4v) is 1.42. The monoisotopic (exact) mass is 200 g/mol. The first-order chi connectivity index (χ1) is 7.27. The Bertz CT molecular complexity index is 442. The van der Waals surface area contributed by atoms with E-state index in [1.54, 1.807) is 24.7 Å². The van der Waals surface area contributed by atoms with E-state index in [1.807, 2.05) is 25.1 Å². The van der Waals surface area contributed by atoms with Gasteiger partial charge in [0, 0.05) is 24.2 Å². The molecule has 2 aromatic heterocycles. The van der Waals surface area contributed by atoms with Crippen LogP contribution in [-0.2, 0) is 0 Å². The summed E-state index contributed by atoms with van der Waals surface area (Å²) in [7, 11) is 0. The zero-order valence-electron chi connectivity index (χ0n) is 8.46. The number of aromatic nitrogens is 2. The lowest BCUT2D eigenvalue weighted by Gasteiger charge is -2.09. The largest absolute Gasteiger partial charge is 0.382 e. The first-order valence-electron chi connectivity index (χ1n) is 4.78. The van der Waals surface area contributed by atoms with Gasteiger partial charge in [-0.3, -0.25) is 9.97 Å². The van der Waals surface area contributed by atoms with Crippen LogP contribution in [0.2, 0.25) is 0 Å². The molecule has 0 amide bonds. The molecule has 2 aromatic rings. The first kappa shape index (κ1) is 9.80. The summed E-state index contributed by atoms with van der Waals surface area (Å²) in [6.45, 7) is 1.97. The van der Waals surface area contributed by atoms with Crippen molar-refractivity contribution >= 4 is 0 Å². The highest BCUT2D eigenvalue weighted by molar-refractivity contribution is 5.25. The van der Waals surface area contributed by atoms with Crippen molar-refractivity contribution in [2.24, 2.45) is 0 Å². The summed E-state index contributed by atoms with van der Waals surface area (Å²) >= 11 is 0. The van der Waals surface area contributed by atoms with Crippen molar-refractivity contribution < 1.29 is 5.11 Å². The van der Waals surface area contributed by atoms with Crippen LogP contribution >= 0.6 is 0 Å². The maximum atomic E-state index is 10.0. The van der Waals surface area contributed by atoms with Crippen molar-refractivity contribution in [2.45, 2.75) is 13.0 Å². The Labute approximate surface area is 88.5 Å². The summed E-state index contributed by atoms with van der Waals surface area (Å²) in [4.78, 5) is 8.10. The van der Waals surface area contributed by atoms with E-state index in [0.29, 0.717) is 5.69 Å². The van der Waals surface area contributed by atoms with Crippen molar-refractivity contribution in [2.75, 3.05) is 0 Å². The normalized spacial score (nSPS) is 12.4. The van der Waals surface area contributed by atoms with Crippen LogP contribution in [0, 0.1) is 6.92 Å². The topological polar surface area (TPSA) is 46.0 Å². The molecule has 1 N–H and O–H groups in total. The molecule has 76 valence electrons. The summed E-state index contributed by atoms with van der Waals surface area (Å²) in [6.07, 6.45) is 4.33. The third-order valence-corrected chi connectivity index (χ3v) is 2.22. The minimum Gasteiger partial charge on any atom is -0.382 e. The summed E-state index contributed by atoms with van der Waals surface area (Å²) in [5.41, 5.74) is 2.50. The molecule has 3 heteroatoms. The highest BCUT2D eigenvalue weighted by atomic mass is 16.3. The highest BCUT2D eigenvalue weighted by Crippen LogP contribution is 2.19. The molecule has 0 spiro atoms. The predicted molar refractivity (Wildman–Crippen MR) is 57.3 cm³/mol. The Kier molecular flexibility index (Phi) is 2.74. The maximum Gasteiger partial charge on any atom is 0.122 e. The van der Waals surface area contributed by atoms with E-state index in [1.165, 1.54) is 0 Å². The van der Waals surface area contributed by atoms with Crippen LogP contribution in [0.5, 0.6) is 0 Å². The Morgan fingerprint density at radius 3 is 2.80 bits per heavy atom. The van der Waals surface area contributed by atoms with E-state index in [-0.39, 0.29) is 0 Å². The quantitative estimate of drug-likeness (QED) is 0.804. The number of hydrogen-bond donors (Lipinski definition) is 1. The lowest BCUT2D eigenvalue weighted by molar-refractivity contribution is 0.215. The van der Waals surface area contributed by atoms with Crippen LogP contribution in [0.25, 0.3) is 0 Å². The average molecular weight is 200 g/mol. The summed E-state index contributed by atoms with van der Waals surface area (Å²) in [6, 6.07) is 7.41. The molecule has 2 heterocycles. The molecule has 0 bridgehead atoms. The van der Waals surface area contributed by atoms with Crippen molar-refractivity contribution in [3.8, 4) is 0 Å². The second kappa shape index (κ2) is 4.19. The van der Waals surface area contributed by atoms with E-state index in [2.05, 4.69) is 9.97 Å². The molecule has 0 aliphatic carbocycles. The van der Waals surface area contributed by atoms with Gasteiger partial charge in [-0.2, -0.15) is 0 Å². The molecule has 0 aliphatic rings. The molecule has 3 nitrogen and oxygen atoms in total. The fraction of sp³-hybridized carbons (Fsp3) is 0.167. The molecule has 1 atom stereocenters. The number of aliphatic hydroxyl groups is 1. The second-order valence-electron chi connectivity index (χ2n) is 3.45. The minimum atomic E-state index is -0.696. The van der Waals surface area contributed by atoms with Gasteiger partial charge < -0.3 is 5.11 Å². The zero-order chi connectivity index (χ0) is 10.7. The molecule has 2 rings (SSSR count). The van der Waals surface area contributed by atoms with Crippen LogP contribution in [-0.4, -0.2) is 15.1 Å². The minimum absolute atomic E-state index is 0.656. The van der Waals surface area contributed by atoms with Crippen LogP contribution in [0.3, 0.4) is 0 Å². The van der Waals surface area contributed by atoms with Crippen molar-refractivity contribution in [3.63, 3.8) is 0 Å². The van der Waals surface area contributed by atoms with Gasteiger partial charge in [0.15, 0.2) is 0 Å². The lowest BCUT2D eigenvalue weighted by Crippen LogP contribution is -2.02. The van der Waals surface area contributed by atoms with Gasteiger partial charge in [-0.15, -0.1) is 0 Å². The number of aliphatic hydroxyl groups excluding tert-OH is 1. The number of rotatable bonds is 2. The fourth-order valence-electron chi connectivity index (χ4n) is 1.42. The van der Waals surface area contributed by atoms with Crippen LogP contribution in [0.15, 0.2) is 42.9 Å². The SMILES string of the molecule is Cc1ccnc(C(O)c2cccnc2)c1. The van der Waals surface area contributed by atoms with Crippen molar-refractivity contribution in [1.29, 1.82) is 0 Å². The maximum absolute atomic E-state index is 10.0. The molecular weight excluding hydrogens is 188 g/mol. The van der Waals surface area contributed by atoms with Gasteiger partial charge in [0.05, 0.1) is 5.69 Å². The third kappa shape index (κ3) is 2.19. The molecule has 0 radical (unpaired) electrons. The van der Waals surface area contributed by atoms with Gasteiger partial charge in [0.2, 0.25) is 0 Å². The predicted octanol–water partition coefficient (Wildman–Crippen LogP) is 1.87. The zero-order valence-corrected chi connectivity index (χ0v) is 8.46. The number of hydrogen-bond acceptors (Lipinski definition) is 3. The molecule has 0 aliphatic heterocycles. The third-order valence-electron chi connectivity index (χ3n) is 2.22. The van der Waals surface area contributed by atoms with Gasteiger partial charge >= 0.3 is 0 Å². The summed E-state index contributed by atoms with van der Waals surface area (Å²) < 4.78 is 0. The van der Waals surface area contributed by atoms with Gasteiger partial charge in [-0.05, 0) is 30.7 Å². The van der Waals surface area contributed by atoms with Gasteiger partial charge in [-0.25, -0.2) is 0 Å². The van der Waals surface area contributed by atoms with E-state index in [9.17, 15) is 5.11 Å². The summed E-state index contributed by atoms with van der Waals surface area (Å²) in [5, 5.41) is 10.0. The van der Waals surface area contributed by atoms with E-state index >= 15 is 0 Å². The average Bonchev–Trinajstić information content (AvgIpc) is 2.29. The molecular formula is C12H12N2O. The Morgan fingerprint density at radius 1 is 1.27 bits per heavy atom. The smallest absolute Gasteiger partial charge is 0.122 e. The molecule has 15 heavy (non-hydrogen) atoms. The molecule has 1 unspecified atom stereocenters. The van der Waals surface area contributed by atoms with E-state index in [4.69, 9.17) is 0 Å². The molecule has 0 fully saturated rings. The van der Waals surface area contributed by atoms with Gasteiger partial charge in [0.1, 0.15) is 6.10 Å². The van der Waals surface area contributed by atoms with Crippen LogP contribution < -0.4 is 0 Å². The number of nitrogens with zero attached hydrogens (tertiary/aromatic N) is 2. The van der Waals surface area contributed by atoms with Crippen molar-refractivity contribution in [3.05, 3.63) is 59.7 Å². The lowest BCUT2D eigenvalue weighted by atomic mass is 10.1. The van der Waals surface area contributed by atoms with Crippen LogP contribution in [0.4, 0.5) is 0 Å². The van der Waals surface area contributed by atoms with Crippen molar-refractivity contribution in [1.82, 2.24) is 9.97 Å². The van der Waals surface area contributed by atoms with Gasteiger partial charge in [-0.1, -0.05) is 6.07 Å².